The SMILES string of the molecule is CCC1CC(CC)C(c2ccc3c(c2)CC3)C1. The van der Waals surface area contributed by atoms with E-state index in [1.807, 2.05) is 0 Å². The Morgan fingerprint density at radius 3 is 2.41 bits per heavy atom. The van der Waals surface area contributed by atoms with Crippen LogP contribution >= 0.6 is 0 Å². The van der Waals surface area contributed by atoms with E-state index in [0.717, 1.165) is 17.8 Å². The van der Waals surface area contributed by atoms with Crippen LogP contribution in [0.25, 0.3) is 0 Å². The van der Waals surface area contributed by atoms with Gasteiger partial charge < -0.3 is 0 Å². The van der Waals surface area contributed by atoms with Crippen molar-refractivity contribution >= 4 is 0 Å². The normalized spacial score (nSPS) is 31.1. The molecule has 0 spiro atoms. The molecule has 2 aliphatic rings. The molecule has 92 valence electrons. The summed E-state index contributed by atoms with van der Waals surface area (Å²) in [5, 5.41) is 0. The largest absolute Gasteiger partial charge is 0.0651 e. The topological polar surface area (TPSA) is 0 Å². The second kappa shape index (κ2) is 4.48. The van der Waals surface area contributed by atoms with Crippen molar-refractivity contribution in [3.8, 4) is 0 Å². The summed E-state index contributed by atoms with van der Waals surface area (Å²) in [7, 11) is 0. The Bertz CT molecular complexity index is 404. The summed E-state index contributed by atoms with van der Waals surface area (Å²) in [6.45, 7) is 4.73. The Hall–Kier alpha value is -0.780. The fourth-order valence-electron chi connectivity index (χ4n) is 3.88. The smallest absolute Gasteiger partial charge is 0.0131 e. The first kappa shape index (κ1) is 11.3. The van der Waals surface area contributed by atoms with Gasteiger partial charge in [0.25, 0.3) is 0 Å². The Labute approximate surface area is 105 Å². The van der Waals surface area contributed by atoms with Crippen LogP contribution in [0, 0.1) is 11.8 Å². The van der Waals surface area contributed by atoms with Crippen LogP contribution in [-0.2, 0) is 12.8 Å². The van der Waals surface area contributed by atoms with Crippen LogP contribution in [0.1, 0.15) is 62.1 Å². The molecule has 0 aromatic heterocycles. The van der Waals surface area contributed by atoms with E-state index in [1.54, 1.807) is 16.7 Å². The van der Waals surface area contributed by atoms with Gasteiger partial charge >= 0.3 is 0 Å². The van der Waals surface area contributed by atoms with E-state index in [1.165, 1.54) is 38.5 Å². The lowest BCUT2D eigenvalue weighted by Crippen LogP contribution is -2.11. The summed E-state index contributed by atoms with van der Waals surface area (Å²) in [6.07, 6.45) is 8.28. The number of aryl methyl sites for hydroxylation is 2. The monoisotopic (exact) mass is 228 g/mol. The van der Waals surface area contributed by atoms with Crippen LogP contribution in [0.3, 0.4) is 0 Å². The maximum atomic E-state index is 2.52. The van der Waals surface area contributed by atoms with E-state index in [-0.39, 0.29) is 0 Å². The van der Waals surface area contributed by atoms with Crippen molar-refractivity contribution in [3.63, 3.8) is 0 Å². The van der Waals surface area contributed by atoms with E-state index >= 15 is 0 Å². The van der Waals surface area contributed by atoms with Crippen molar-refractivity contribution in [2.24, 2.45) is 11.8 Å². The summed E-state index contributed by atoms with van der Waals surface area (Å²) in [6, 6.07) is 7.33. The second-order valence-electron chi connectivity index (χ2n) is 6.05. The molecule has 0 nitrogen and oxygen atoms in total. The standard InChI is InChI=1S/C17H24/c1-3-12-9-13(4-2)17(10-12)16-8-6-14-5-7-15(14)11-16/h6,8,11-13,17H,3-5,7,9-10H2,1-2H3. The van der Waals surface area contributed by atoms with Crippen molar-refractivity contribution in [2.75, 3.05) is 0 Å². The third kappa shape index (κ3) is 1.92. The highest BCUT2D eigenvalue weighted by atomic mass is 14.4. The highest BCUT2D eigenvalue weighted by molar-refractivity contribution is 5.40. The number of hydrogen-bond donors (Lipinski definition) is 0. The van der Waals surface area contributed by atoms with Crippen LogP contribution in [0.15, 0.2) is 18.2 Å². The lowest BCUT2D eigenvalue weighted by Gasteiger charge is -2.24. The van der Waals surface area contributed by atoms with Crippen molar-refractivity contribution in [1.82, 2.24) is 0 Å². The second-order valence-corrected chi connectivity index (χ2v) is 6.05. The van der Waals surface area contributed by atoms with Crippen LogP contribution in [0.4, 0.5) is 0 Å². The van der Waals surface area contributed by atoms with Gasteiger partial charge in [-0.15, -0.1) is 0 Å². The molecule has 0 N–H and O–H groups in total. The van der Waals surface area contributed by atoms with Gasteiger partial charge in [-0.25, -0.2) is 0 Å². The van der Waals surface area contributed by atoms with E-state index in [4.69, 9.17) is 0 Å². The van der Waals surface area contributed by atoms with Crippen LogP contribution in [0.5, 0.6) is 0 Å². The van der Waals surface area contributed by atoms with Crippen molar-refractivity contribution in [3.05, 3.63) is 34.9 Å². The van der Waals surface area contributed by atoms with Crippen molar-refractivity contribution in [2.45, 2.75) is 58.3 Å². The molecule has 3 rings (SSSR count). The van der Waals surface area contributed by atoms with Gasteiger partial charge in [-0.05, 0) is 60.1 Å². The maximum absolute atomic E-state index is 2.52. The van der Waals surface area contributed by atoms with Crippen LogP contribution < -0.4 is 0 Å². The fraction of sp³-hybridized carbons (Fsp3) is 0.647. The number of fused-ring (bicyclic) bond motifs is 1. The van der Waals surface area contributed by atoms with Gasteiger partial charge in [0, 0.05) is 0 Å². The lowest BCUT2D eigenvalue weighted by atomic mass is 9.81. The Kier molecular flexibility index (Phi) is 2.98. The minimum atomic E-state index is 0.857. The molecular formula is C17H24. The Morgan fingerprint density at radius 1 is 1.00 bits per heavy atom. The predicted molar refractivity (Wildman–Crippen MR) is 73.4 cm³/mol. The van der Waals surface area contributed by atoms with E-state index in [0.29, 0.717) is 0 Å². The predicted octanol–water partition coefficient (Wildman–Crippen LogP) is 4.72. The average molecular weight is 228 g/mol. The zero-order valence-corrected chi connectivity index (χ0v) is 11.2. The highest BCUT2D eigenvalue weighted by Gasteiger charge is 2.33. The van der Waals surface area contributed by atoms with Crippen molar-refractivity contribution in [1.29, 1.82) is 0 Å². The van der Waals surface area contributed by atoms with Gasteiger partial charge in [-0.3, -0.25) is 0 Å². The molecule has 1 fully saturated rings. The molecule has 0 amide bonds. The fourth-order valence-corrected chi connectivity index (χ4v) is 3.88. The van der Waals surface area contributed by atoms with Crippen LogP contribution in [-0.4, -0.2) is 0 Å². The third-order valence-corrected chi connectivity index (χ3v) is 5.22. The lowest BCUT2D eigenvalue weighted by molar-refractivity contribution is 0.453. The zero-order chi connectivity index (χ0) is 11.8. The molecule has 17 heavy (non-hydrogen) atoms. The van der Waals surface area contributed by atoms with Gasteiger partial charge in [0.2, 0.25) is 0 Å². The first-order chi connectivity index (χ1) is 8.31. The van der Waals surface area contributed by atoms with Gasteiger partial charge in [-0.1, -0.05) is 44.9 Å². The number of hydrogen-bond acceptors (Lipinski definition) is 0. The van der Waals surface area contributed by atoms with Gasteiger partial charge in [0.1, 0.15) is 0 Å². The first-order valence-corrected chi connectivity index (χ1v) is 7.43. The third-order valence-electron chi connectivity index (χ3n) is 5.22. The summed E-state index contributed by atoms with van der Waals surface area (Å²) in [5.41, 5.74) is 4.88. The summed E-state index contributed by atoms with van der Waals surface area (Å²) >= 11 is 0. The number of rotatable bonds is 3. The van der Waals surface area contributed by atoms with Gasteiger partial charge in [0.05, 0.1) is 0 Å². The molecule has 0 heteroatoms. The minimum Gasteiger partial charge on any atom is -0.0651 e. The molecule has 1 aromatic carbocycles. The van der Waals surface area contributed by atoms with Crippen LogP contribution in [0.2, 0.25) is 0 Å². The first-order valence-electron chi connectivity index (χ1n) is 7.43. The average Bonchev–Trinajstić information content (AvgIpc) is 2.74. The Morgan fingerprint density at radius 2 is 1.82 bits per heavy atom. The molecule has 0 heterocycles. The quantitative estimate of drug-likeness (QED) is 0.702. The summed E-state index contributed by atoms with van der Waals surface area (Å²) in [5.74, 6) is 2.78. The molecular weight excluding hydrogens is 204 g/mol. The van der Waals surface area contributed by atoms with E-state index in [9.17, 15) is 0 Å². The molecule has 3 unspecified atom stereocenters. The van der Waals surface area contributed by atoms with Gasteiger partial charge in [-0.2, -0.15) is 0 Å². The highest BCUT2D eigenvalue weighted by Crippen LogP contribution is 2.46. The van der Waals surface area contributed by atoms with E-state index in [2.05, 4.69) is 32.0 Å². The Balaban J connectivity index is 1.84. The molecule has 0 bridgehead atoms. The molecule has 0 saturated heterocycles. The molecule has 1 aromatic rings. The molecule has 2 aliphatic carbocycles. The molecule has 0 radical (unpaired) electrons. The summed E-state index contributed by atoms with van der Waals surface area (Å²) in [4.78, 5) is 0. The zero-order valence-electron chi connectivity index (χ0n) is 11.2. The molecule has 3 atom stereocenters. The maximum Gasteiger partial charge on any atom is -0.0131 e. The number of benzene rings is 1. The van der Waals surface area contributed by atoms with Crippen molar-refractivity contribution < 1.29 is 0 Å². The summed E-state index contributed by atoms with van der Waals surface area (Å²) < 4.78 is 0. The van der Waals surface area contributed by atoms with Gasteiger partial charge in [0.15, 0.2) is 0 Å². The molecule has 1 saturated carbocycles. The van der Waals surface area contributed by atoms with E-state index < -0.39 is 0 Å². The molecule has 0 aliphatic heterocycles. The minimum absolute atomic E-state index is 0.857.